The van der Waals surface area contributed by atoms with Crippen LogP contribution >= 0.6 is 0 Å². The first-order valence-electron chi connectivity index (χ1n) is 6.86. The maximum atomic E-state index is 13.0. The zero-order valence-electron chi connectivity index (χ0n) is 12.3. The normalized spacial score (nSPS) is 10.5. The van der Waals surface area contributed by atoms with Gasteiger partial charge in [-0.2, -0.15) is 0 Å². The van der Waals surface area contributed by atoms with Crippen LogP contribution in [0.3, 0.4) is 0 Å². The fraction of sp³-hybridized carbons (Fsp3) is 0.312. The summed E-state index contributed by atoms with van der Waals surface area (Å²) in [6.07, 6.45) is 1.75. The average Bonchev–Trinajstić information content (AvgIpc) is 2.48. The third-order valence-corrected chi connectivity index (χ3v) is 3.09. The maximum Gasteiger partial charge on any atom is 0.339 e. The molecule has 21 heavy (non-hydrogen) atoms. The number of halogens is 1. The standard InChI is InChI=1S/C16H17FN2O2/c1-4-13-12(16(20)21-5-2)8-10(3)15(19-13)14-7-6-11(17)9-18-14/h6-9H,4-5H2,1-3H3. The second-order valence-electron chi connectivity index (χ2n) is 4.58. The minimum absolute atomic E-state index is 0.322. The molecule has 0 amide bonds. The lowest BCUT2D eigenvalue weighted by molar-refractivity contribution is 0.0524. The Morgan fingerprint density at radius 1 is 1.33 bits per heavy atom. The first-order valence-corrected chi connectivity index (χ1v) is 6.86. The Bertz CT molecular complexity index is 654. The predicted octanol–water partition coefficient (Wildman–Crippen LogP) is 3.33. The molecule has 110 valence electrons. The largest absolute Gasteiger partial charge is 0.462 e. The number of carbonyl (C=O) groups is 1. The van der Waals surface area contributed by atoms with Crippen molar-refractivity contribution >= 4 is 5.97 Å². The van der Waals surface area contributed by atoms with Crippen molar-refractivity contribution in [2.45, 2.75) is 27.2 Å². The fourth-order valence-corrected chi connectivity index (χ4v) is 2.08. The molecule has 2 aromatic heterocycles. The Hall–Kier alpha value is -2.30. The number of pyridine rings is 2. The molecule has 0 saturated carbocycles. The fourth-order valence-electron chi connectivity index (χ4n) is 2.08. The molecule has 0 aliphatic rings. The maximum absolute atomic E-state index is 13.0. The van der Waals surface area contributed by atoms with Crippen LogP contribution in [-0.2, 0) is 11.2 Å². The summed E-state index contributed by atoms with van der Waals surface area (Å²) < 4.78 is 18.0. The van der Waals surface area contributed by atoms with Gasteiger partial charge in [0.1, 0.15) is 5.82 Å². The number of nitrogens with zero attached hydrogens (tertiary/aromatic N) is 2. The van der Waals surface area contributed by atoms with Crippen LogP contribution in [0.25, 0.3) is 11.4 Å². The Morgan fingerprint density at radius 3 is 2.67 bits per heavy atom. The Labute approximate surface area is 123 Å². The van der Waals surface area contributed by atoms with Crippen LogP contribution in [-0.4, -0.2) is 22.5 Å². The molecule has 4 nitrogen and oxygen atoms in total. The molecule has 2 rings (SSSR count). The van der Waals surface area contributed by atoms with Crippen molar-refractivity contribution in [3.63, 3.8) is 0 Å². The van der Waals surface area contributed by atoms with Crippen molar-refractivity contribution in [3.8, 4) is 11.4 Å². The molecule has 0 aromatic carbocycles. The first kappa shape index (κ1) is 15.1. The number of carbonyl (C=O) groups excluding carboxylic acids is 1. The summed E-state index contributed by atoms with van der Waals surface area (Å²) in [7, 11) is 0. The molecule has 0 N–H and O–H groups in total. The number of ether oxygens (including phenoxy) is 1. The molecular weight excluding hydrogens is 271 g/mol. The summed E-state index contributed by atoms with van der Waals surface area (Å²) in [5.74, 6) is -0.765. The van der Waals surface area contributed by atoms with Gasteiger partial charge in [-0.25, -0.2) is 9.18 Å². The Morgan fingerprint density at radius 2 is 2.10 bits per heavy atom. The first-order chi connectivity index (χ1) is 10.1. The summed E-state index contributed by atoms with van der Waals surface area (Å²) in [6, 6.07) is 4.67. The van der Waals surface area contributed by atoms with E-state index in [0.717, 1.165) is 11.8 Å². The molecule has 0 bridgehead atoms. The summed E-state index contributed by atoms with van der Waals surface area (Å²) in [4.78, 5) is 20.5. The molecule has 0 unspecified atom stereocenters. The summed E-state index contributed by atoms with van der Waals surface area (Å²) in [5.41, 5.74) is 3.16. The molecule has 0 aliphatic carbocycles. The van der Waals surface area contributed by atoms with Crippen LogP contribution in [0.15, 0.2) is 24.4 Å². The topological polar surface area (TPSA) is 52.1 Å². The Balaban J connectivity index is 2.50. The van der Waals surface area contributed by atoms with Gasteiger partial charge in [-0.05, 0) is 44.0 Å². The van der Waals surface area contributed by atoms with Crippen LogP contribution in [0.4, 0.5) is 4.39 Å². The lowest BCUT2D eigenvalue weighted by atomic mass is 10.0. The lowest BCUT2D eigenvalue weighted by Gasteiger charge is -2.11. The predicted molar refractivity (Wildman–Crippen MR) is 77.5 cm³/mol. The third-order valence-electron chi connectivity index (χ3n) is 3.09. The summed E-state index contributed by atoms with van der Waals surface area (Å²) in [6.45, 7) is 5.85. The van der Waals surface area contributed by atoms with E-state index in [1.165, 1.54) is 6.07 Å². The second kappa shape index (κ2) is 6.43. The van der Waals surface area contributed by atoms with Gasteiger partial charge in [-0.3, -0.25) is 9.97 Å². The van der Waals surface area contributed by atoms with Gasteiger partial charge in [0.2, 0.25) is 0 Å². The van der Waals surface area contributed by atoms with Crippen molar-refractivity contribution < 1.29 is 13.9 Å². The van der Waals surface area contributed by atoms with Crippen LogP contribution < -0.4 is 0 Å². The molecule has 0 atom stereocenters. The third kappa shape index (κ3) is 3.24. The Kier molecular flexibility index (Phi) is 4.62. The van der Waals surface area contributed by atoms with E-state index in [4.69, 9.17) is 4.74 Å². The van der Waals surface area contributed by atoms with Crippen molar-refractivity contribution in [3.05, 3.63) is 47.0 Å². The highest BCUT2D eigenvalue weighted by molar-refractivity contribution is 5.91. The van der Waals surface area contributed by atoms with Gasteiger partial charge >= 0.3 is 5.97 Å². The number of hydrogen-bond donors (Lipinski definition) is 0. The van der Waals surface area contributed by atoms with Crippen molar-refractivity contribution in [2.75, 3.05) is 6.61 Å². The van der Waals surface area contributed by atoms with Crippen molar-refractivity contribution in [1.29, 1.82) is 0 Å². The number of hydrogen-bond acceptors (Lipinski definition) is 4. The van der Waals surface area contributed by atoms with E-state index >= 15 is 0 Å². The molecule has 0 fully saturated rings. The zero-order valence-corrected chi connectivity index (χ0v) is 12.3. The quantitative estimate of drug-likeness (QED) is 0.810. The van der Waals surface area contributed by atoms with Gasteiger partial charge in [0.05, 0.1) is 35.4 Å². The highest BCUT2D eigenvalue weighted by Crippen LogP contribution is 2.23. The van der Waals surface area contributed by atoms with E-state index in [0.29, 0.717) is 35.7 Å². The van der Waals surface area contributed by atoms with E-state index < -0.39 is 5.82 Å². The molecule has 0 spiro atoms. The smallest absolute Gasteiger partial charge is 0.339 e. The van der Waals surface area contributed by atoms with Crippen molar-refractivity contribution in [2.24, 2.45) is 0 Å². The highest BCUT2D eigenvalue weighted by Gasteiger charge is 2.17. The van der Waals surface area contributed by atoms with E-state index in [1.807, 2.05) is 13.8 Å². The van der Waals surface area contributed by atoms with Gasteiger partial charge in [-0.15, -0.1) is 0 Å². The van der Waals surface area contributed by atoms with Crippen LogP contribution in [0, 0.1) is 12.7 Å². The number of esters is 1. The SMILES string of the molecule is CCOC(=O)c1cc(C)c(-c2ccc(F)cn2)nc1CC. The van der Waals surface area contributed by atoms with Gasteiger partial charge in [0.25, 0.3) is 0 Å². The van der Waals surface area contributed by atoms with Gasteiger partial charge < -0.3 is 4.74 Å². The average molecular weight is 288 g/mol. The van der Waals surface area contributed by atoms with Crippen LogP contribution in [0.5, 0.6) is 0 Å². The number of rotatable bonds is 4. The molecule has 2 aromatic rings. The summed E-state index contributed by atoms with van der Waals surface area (Å²) in [5, 5.41) is 0. The minimum Gasteiger partial charge on any atom is -0.462 e. The molecule has 2 heterocycles. The summed E-state index contributed by atoms with van der Waals surface area (Å²) >= 11 is 0. The van der Waals surface area contributed by atoms with E-state index in [9.17, 15) is 9.18 Å². The lowest BCUT2D eigenvalue weighted by Crippen LogP contribution is -2.11. The molecule has 0 aliphatic heterocycles. The van der Waals surface area contributed by atoms with Gasteiger partial charge in [0, 0.05) is 0 Å². The molecule has 0 radical (unpaired) electrons. The van der Waals surface area contributed by atoms with E-state index in [1.54, 1.807) is 19.1 Å². The highest BCUT2D eigenvalue weighted by atomic mass is 19.1. The number of aryl methyl sites for hydroxylation is 2. The zero-order chi connectivity index (χ0) is 15.4. The molecule has 5 heteroatoms. The van der Waals surface area contributed by atoms with Crippen LogP contribution in [0.1, 0.15) is 35.5 Å². The second-order valence-corrected chi connectivity index (χ2v) is 4.58. The van der Waals surface area contributed by atoms with Crippen LogP contribution in [0.2, 0.25) is 0 Å². The minimum atomic E-state index is -0.393. The van der Waals surface area contributed by atoms with E-state index in [2.05, 4.69) is 9.97 Å². The molecular formula is C16H17FN2O2. The van der Waals surface area contributed by atoms with Gasteiger partial charge in [0.15, 0.2) is 0 Å². The van der Waals surface area contributed by atoms with Gasteiger partial charge in [-0.1, -0.05) is 6.92 Å². The molecule has 0 saturated heterocycles. The van der Waals surface area contributed by atoms with Crippen molar-refractivity contribution in [1.82, 2.24) is 9.97 Å². The monoisotopic (exact) mass is 288 g/mol. The number of aromatic nitrogens is 2. The van der Waals surface area contributed by atoms with E-state index in [-0.39, 0.29) is 5.97 Å².